The number of piperidine rings is 1. The van der Waals surface area contributed by atoms with E-state index in [4.69, 9.17) is 4.74 Å². The first-order valence-electron chi connectivity index (χ1n) is 8.13. The van der Waals surface area contributed by atoms with Crippen molar-refractivity contribution < 1.29 is 22.7 Å². The molecule has 2 saturated heterocycles. The predicted octanol–water partition coefficient (Wildman–Crippen LogP) is 1.94. The molecule has 2 rings (SSSR count). The largest absolute Gasteiger partial charge is 0.401 e. The number of carbonyl (C=O) groups is 1. The van der Waals surface area contributed by atoms with Crippen molar-refractivity contribution >= 4 is 6.03 Å². The average molecular weight is 337 g/mol. The summed E-state index contributed by atoms with van der Waals surface area (Å²) in [7, 11) is 1.65. The lowest BCUT2D eigenvalue weighted by molar-refractivity contribution is -0.143. The highest BCUT2D eigenvalue weighted by Gasteiger charge is 2.34. The van der Waals surface area contributed by atoms with Crippen molar-refractivity contribution in [2.24, 2.45) is 11.8 Å². The van der Waals surface area contributed by atoms with E-state index in [9.17, 15) is 18.0 Å². The van der Waals surface area contributed by atoms with Gasteiger partial charge in [-0.3, -0.25) is 4.90 Å². The molecule has 0 saturated carbocycles. The molecule has 8 heteroatoms. The zero-order valence-electron chi connectivity index (χ0n) is 13.7. The second-order valence-electron chi connectivity index (χ2n) is 6.68. The molecule has 3 atom stereocenters. The first-order chi connectivity index (χ1) is 10.8. The lowest BCUT2D eigenvalue weighted by Crippen LogP contribution is -2.51. The quantitative estimate of drug-likeness (QED) is 0.853. The van der Waals surface area contributed by atoms with E-state index in [0.29, 0.717) is 45.1 Å². The number of amides is 2. The molecule has 23 heavy (non-hydrogen) atoms. The smallest absolute Gasteiger partial charge is 0.379 e. The van der Waals surface area contributed by atoms with Crippen molar-refractivity contribution in [2.45, 2.75) is 32.0 Å². The standard InChI is InChI=1S/C15H26F3N3O2/c1-11-3-6-21(9-13(11)23-2)14(22)19-7-12-4-5-20(8-12)10-15(16,17)18/h11-13H,3-10H2,1-2H3,(H,19,22)/t11-,12-,13-/m1/s1. The molecule has 134 valence electrons. The molecule has 0 aromatic heterocycles. The third-order valence-corrected chi connectivity index (χ3v) is 4.79. The van der Waals surface area contributed by atoms with Crippen LogP contribution in [0.15, 0.2) is 0 Å². The Morgan fingerprint density at radius 1 is 1.26 bits per heavy atom. The summed E-state index contributed by atoms with van der Waals surface area (Å²) in [5.41, 5.74) is 0. The number of hydrogen-bond acceptors (Lipinski definition) is 3. The van der Waals surface area contributed by atoms with E-state index in [1.165, 1.54) is 4.90 Å². The first kappa shape index (κ1) is 18.3. The fourth-order valence-electron chi connectivity index (χ4n) is 3.35. The molecular formula is C15H26F3N3O2. The summed E-state index contributed by atoms with van der Waals surface area (Å²) >= 11 is 0. The molecule has 0 radical (unpaired) electrons. The number of likely N-dealkylation sites (tertiary alicyclic amines) is 2. The van der Waals surface area contributed by atoms with E-state index in [1.54, 1.807) is 12.0 Å². The summed E-state index contributed by atoms with van der Waals surface area (Å²) in [6, 6.07) is -0.145. The highest BCUT2D eigenvalue weighted by molar-refractivity contribution is 5.74. The van der Waals surface area contributed by atoms with Crippen LogP contribution in [0.3, 0.4) is 0 Å². The van der Waals surface area contributed by atoms with Crippen molar-refractivity contribution in [1.29, 1.82) is 0 Å². The lowest BCUT2D eigenvalue weighted by Gasteiger charge is -2.36. The number of halogens is 3. The molecule has 0 bridgehead atoms. The number of carbonyl (C=O) groups excluding carboxylic acids is 1. The first-order valence-corrected chi connectivity index (χ1v) is 8.13. The van der Waals surface area contributed by atoms with Crippen LogP contribution in [0, 0.1) is 11.8 Å². The summed E-state index contributed by atoms with van der Waals surface area (Å²) in [4.78, 5) is 15.3. The Balaban J connectivity index is 1.71. The number of rotatable bonds is 4. The van der Waals surface area contributed by atoms with Gasteiger partial charge in [0.1, 0.15) is 0 Å². The maximum absolute atomic E-state index is 12.4. The van der Waals surface area contributed by atoms with Crippen LogP contribution in [0.5, 0.6) is 0 Å². The maximum atomic E-state index is 12.4. The lowest BCUT2D eigenvalue weighted by atomic mass is 9.96. The Morgan fingerprint density at radius 2 is 2.00 bits per heavy atom. The minimum absolute atomic E-state index is 0.0447. The van der Waals surface area contributed by atoms with Crippen molar-refractivity contribution in [3.05, 3.63) is 0 Å². The van der Waals surface area contributed by atoms with Crippen molar-refractivity contribution in [3.8, 4) is 0 Å². The molecule has 2 amide bonds. The fourth-order valence-corrected chi connectivity index (χ4v) is 3.35. The molecule has 0 aromatic rings. The van der Waals surface area contributed by atoms with Crippen LogP contribution in [0.4, 0.5) is 18.0 Å². The summed E-state index contributed by atoms with van der Waals surface area (Å²) in [5.74, 6) is 0.512. The Labute approximate surface area is 135 Å². The van der Waals surface area contributed by atoms with Crippen molar-refractivity contribution in [3.63, 3.8) is 0 Å². The summed E-state index contributed by atoms with van der Waals surface area (Å²) in [6.07, 6.45) is -2.52. The molecular weight excluding hydrogens is 311 g/mol. The highest BCUT2D eigenvalue weighted by atomic mass is 19.4. The van der Waals surface area contributed by atoms with E-state index < -0.39 is 12.7 Å². The fraction of sp³-hybridized carbons (Fsp3) is 0.933. The Hall–Kier alpha value is -1.02. The van der Waals surface area contributed by atoms with Gasteiger partial charge in [0.25, 0.3) is 0 Å². The van der Waals surface area contributed by atoms with Gasteiger partial charge < -0.3 is 15.0 Å². The number of nitrogens with zero attached hydrogens (tertiary/aromatic N) is 2. The molecule has 5 nitrogen and oxygen atoms in total. The average Bonchev–Trinajstić information content (AvgIpc) is 2.90. The van der Waals surface area contributed by atoms with Crippen LogP contribution in [-0.2, 0) is 4.74 Å². The number of hydrogen-bond donors (Lipinski definition) is 1. The van der Waals surface area contributed by atoms with Crippen LogP contribution >= 0.6 is 0 Å². The van der Waals surface area contributed by atoms with E-state index in [0.717, 1.165) is 6.42 Å². The SMILES string of the molecule is CO[C@@H]1CN(C(=O)NC[C@H]2CCN(CC(F)(F)F)C2)CC[C@H]1C. The van der Waals surface area contributed by atoms with Crippen LogP contribution in [0.2, 0.25) is 0 Å². The van der Waals surface area contributed by atoms with Crippen LogP contribution in [-0.4, -0.2) is 74.5 Å². The number of ether oxygens (including phenoxy) is 1. The molecule has 0 aliphatic carbocycles. The second-order valence-corrected chi connectivity index (χ2v) is 6.68. The van der Waals surface area contributed by atoms with Crippen LogP contribution in [0.25, 0.3) is 0 Å². The molecule has 1 N–H and O–H groups in total. The van der Waals surface area contributed by atoms with E-state index in [1.807, 2.05) is 0 Å². The van der Waals surface area contributed by atoms with Gasteiger partial charge in [-0.2, -0.15) is 13.2 Å². The minimum Gasteiger partial charge on any atom is -0.379 e. The number of methoxy groups -OCH3 is 1. The third kappa shape index (κ3) is 5.53. The van der Waals surface area contributed by atoms with Crippen LogP contribution in [0.1, 0.15) is 19.8 Å². The van der Waals surface area contributed by atoms with Gasteiger partial charge >= 0.3 is 12.2 Å². The van der Waals surface area contributed by atoms with Gasteiger partial charge in [-0.25, -0.2) is 4.79 Å². The number of urea groups is 1. The van der Waals surface area contributed by atoms with Crippen molar-refractivity contribution in [1.82, 2.24) is 15.1 Å². The van der Waals surface area contributed by atoms with Crippen molar-refractivity contribution in [2.75, 3.05) is 46.4 Å². The van der Waals surface area contributed by atoms with Gasteiger partial charge in [-0.15, -0.1) is 0 Å². The van der Waals surface area contributed by atoms with Gasteiger partial charge in [-0.05, 0) is 31.2 Å². The molecule has 0 unspecified atom stereocenters. The van der Waals surface area contributed by atoms with E-state index in [-0.39, 0.29) is 18.1 Å². The van der Waals surface area contributed by atoms with E-state index in [2.05, 4.69) is 12.2 Å². The summed E-state index contributed by atoms with van der Waals surface area (Å²) in [6.45, 7) is 3.75. The van der Waals surface area contributed by atoms with Gasteiger partial charge in [0.15, 0.2) is 0 Å². The van der Waals surface area contributed by atoms with Gasteiger partial charge in [0, 0.05) is 33.3 Å². The minimum atomic E-state index is -4.15. The highest BCUT2D eigenvalue weighted by Crippen LogP contribution is 2.23. The third-order valence-electron chi connectivity index (χ3n) is 4.79. The monoisotopic (exact) mass is 337 g/mol. The Kier molecular flexibility index (Phi) is 6.13. The topological polar surface area (TPSA) is 44.8 Å². The van der Waals surface area contributed by atoms with Gasteiger partial charge in [0.2, 0.25) is 0 Å². The zero-order chi connectivity index (χ0) is 17.0. The Bertz CT molecular complexity index is 406. The maximum Gasteiger partial charge on any atom is 0.401 e. The molecule has 2 aliphatic rings. The normalized spacial score (nSPS) is 29.8. The number of alkyl halides is 3. The summed E-state index contributed by atoms with van der Waals surface area (Å²) in [5, 5.41) is 2.86. The zero-order valence-corrected chi connectivity index (χ0v) is 13.7. The molecule has 0 aromatic carbocycles. The molecule has 2 aliphatic heterocycles. The van der Waals surface area contributed by atoms with Gasteiger partial charge in [-0.1, -0.05) is 6.92 Å². The second kappa shape index (κ2) is 7.70. The predicted molar refractivity (Wildman–Crippen MR) is 80.2 cm³/mol. The van der Waals surface area contributed by atoms with E-state index >= 15 is 0 Å². The van der Waals surface area contributed by atoms with Crippen LogP contribution < -0.4 is 5.32 Å². The molecule has 2 fully saturated rings. The number of nitrogens with one attached hydrogen (secondary N) is 1. The van der Waals surface area contributed by atoms with Gasteiger partial charge in [0.05, 0.1) is 12.6 Å². The summed E-state index contributed by atoms with van der Waals surface area (Å²) < 4.78 is 42.5. The molecule has 0 spiro atoms. The molecule has 2 heterocycles. The Morgan fingerprint density at radius 3 is 2.65 bits per heavy atom.